The Morgan fingerprint density at radius 1 is 1.21 bits per heavy atom. The topological polar surface area (TPSA) is 71.8 Å². The minimum absolute atomic E-state index is 0.107. The van der Waals surface area contributed by atoms with Crippen LogP contribution in [-0.2, 0) is 17.7 Å². The summed E-state index contributed by atoms with van der Waals surface area (Å²) >= 11 is 3.13. The molecule has 1 fully saturated rings. The molecule has 28 heavy (non-hydrogen) atoms. The molecule has 3 rings (SSSR count). The van der Waals surface area contributed by atoms with Crippen molar-refractivity contribution in [2.75, 3.05) is 32.8 Å². The second-order valence-electron chi connectivity index (χ2n) is 6.51. The number of carboxylic acid groups (broad SMARTS) is 1. The Kier molecular flexibility index (Phi) is 6.58. The summed E-state index contributed by atoms with van der Waals surface area (Å²) in [5, 5.41) is 9.50. The molecule has 6 nitrogen and oxygen atoms in total. The number of ether oxygens (including phenoxy) is 1. The van der Waals surface area contributed by atoms with Crippen molar-refractivity contribution in [2.45, 2.75) is 13.0 Å². The summed E-state index contributed by atoms with van der Waals surface area (Å²) < 4.78 is 35.7. The standard InChI is InChI=1S/C19H19BrF2N2O4/c20-13-2-1-12(16(21)10-13)9-14-15(19(26)27)11-24(18(25)17(14)22)4-3-23-5-7-28-8-6-23/h1-2,10-11H,3-9H2,(H,26,27). The first-order valence-electron chi connectivity index (χ1n) is 8.76. The number of hydrogen-bond donors (Lipinski definition) is 1. The minimum Gasteiger partial charge on any atom is -0.478 e. The third-order valence-electron chi connectivity index (χ3n) is 4.70. The molecule has 0 aliphatic carbocycles. The van der Waals surface area contributed by atoms with E-state index < -0.39 is 23.2 Å². The van der Waals surface area contributed by atoms with E-state index in [1.54, 1.807) is 6.07 Å². The lowest BCUT2D eigenvalue weighted by Crippen LogP contribution is -2.39. The number of nitrogens with zero attached hydrogens (tertiary/aromatic N) is 2. The van der Waals surface area contributed by atoms with Crippen LogP contribution in [0.3, 0.4) is 0 Å². The fraction of sp³-hybridized carbons (Fsp3) is 0.368. The van der Waals surface area contributed by atoms with E-state index in [0.717, 1.165) is 10.8 Å². The van der Waals surface area contributed by atoms with Crippen molar-refractivity contribution >= 4 is 21.9 Å². The predicted octanol–water partition coefficient (Wildman–Crippen LogP) is 2.51. The number of aromatic nitrogens is 1. The molecule has 2 heterocycles. The Hall–Kier alpha value is -2.10. The molecule has 0 saturated carbocycles. The number of morpholine rings is 1. The molecule has 1 aliphatic heterocycles. The lowest BCUT2D eigenvalue weighted by molar-refractivity contribution is 0.0362. The first-order chi connectivity index (χ1) is 13.4. The van der Waals surface area contributed by atoms with E-state index >= 15 is 0 Å². The Morgan fingerprint density at radius 3 is 2.57 bits per heavy atom. The lowest BCUT2D eigenvalue weighted by Gasteiger charge is -2.26. The second kappa shape index (κ2) is 8.93. The number of hydrogen-bond acceptors (Lipinski definition) is 4. The van der Waals surface area contributed by atoms with Gasteiger partial charge in [0.25, 0.3) is 5.56 Å². The number of carboxylic acids is 1. The highest BCUT2D eigenvalue weighted by Crippen LogP contribution is 2.21. The smallest absolute Gasteiger partial charge is 0.337 e. The monoisotopic (exact) mass is 456 g/mol. The van der Waals surface area contributed by atoms with Crippen LogP contribution >= 0.6 is 15.9 Å². The van der Waals surface area contributed by atoms with Crippen LogP contribution in [0.4, 0.5) is 8.78 Å². The van der Waals surface area contributed by atoms with Gasteiger partial charge in [-0.3, -0.25) is 9.69 Å². The molecule has 0 atom stereocenters. The summed E-state index contributed by atoms with van der Waals surface area (Å²) in [4.78, 5) is 26.1. The third kappa shape index (κ3) is 4.65. The van der Waals surface area contributed by atoms with Crippen molar-refractivity contribution in [3.63, 3.8) is 0 Å². The molecule has 0 unspecified atom stereocenters. The van der Waals surface area contributed by atoms with E-state index in [1.165, 1.54) is 12.1 Å². The van der Waals surface area contributed by atoms with E-state index in [9.17, 15) is 23.5 Å². The van der Waals surface area contributed by atoms with E-state index in [1.807, 2.05) is 0 Å². The number of rotatable bonds is 6. The normalized spacial score (nSPS) is 15.0. The zero-order valence-electron chi connectivity index (χ0n) is 15.0. The third-order valence-corrected chi connectivity index (χ3v) is 5.19. The first kappa shape index (κ1) is 20.6. The molecule has 0 radical (unpaired) electrons. The van der Waals surface area contributed by atoms with Crippen LogP contribution in [0.5, 0.6) is 0 Å². The van der Waals surface area contributed by atoms with Crippen molar-refractivity contribution in [3.05, 3.63) is 67.5 Å². The summed E-state index contributed by atoms with van der Waals surface area (Å²) in [6, 6.07) is 4.20. The number of pyridine rings is 1. The fourth-order valence-electron chi connectivity index (χ4n) is 3.12. The summed E-state index contributed by atoms with van der Waals surface area (Å²) in [6.07, 6.45) is 0.812. The largest absolute Gasteiger partial charge is 0.478 e. The van der Waals surface area contributed by atoms with Gasteiger partial charge in [-0.25, -0.2) is 13.6 Å². The molecule has 0 amide bonds. The van der Waals surface area contributed by atoms with Gasteiger partial charge in [-0.2, -0.15) is 0 Å². The van der Waals surface area contributed by atoms with Crippen LogP contribution in [0.1, 0.15) is 21.5 Å². The van der Waals surface area contributed by atoms with E-state index in [2.05, 4.69) is 20.8 Å². The molecule has 0 bridgehead atoms. The molecule has 1 aliphatic rings. The zero-order chi connectivity index (χ0) is 20.3. The second-order valence-corrected chi connectivity index (χ2v) is 7.42. The number of benzene rings is 1. The van der Waals surface area contributed by atoms with Gasteiger partial charge in [0.1, 0.15) is 5.82 Å². The Morgan fingerprint density at radius 2 is 1.93 bits per heavy atom. The van der Waals surface area contributed by atoms with Crippen LogP contribution in [0.15, 0.2) is 33.7 Å². The highest BCUT2D eigenvalue weighted by atomic mass is 79.9. The molecule has 150 valence electrons. The van der Waals surface area contributed by atoms with Crippen LogP contribution in [-0.4, -0.2) is 53.4 Å². The van der Waals surface area contributed by atoms with Gasteiger partial charge in [0.2, 0.25) is 0 Å². The minimum atomic E-state index is -1.37. The van der Waals surface area contributed by atoms with Gasteiger partial charge >= 0.3 is 5.97 Å². The Labute approximate surface area is 168 Å². The average Bonchev–Trinajstić information content (AvgIpc) is 2.67. The molecule has 2 aromatic rings. The quantitative estimate of drug-likeness (QED) is 0.722. The maximum absolute atomic E-state index is 14.8. The van der Waals surface area contributed by atoms with Crippen molar-refractivity contribution < 1.29 is 23.4 Å². The average molecular weight is 457 g/mol. The number of halogens is 3. The summed E-state index contributed by atoms with van der Waals surface area (Å²) in [6.45, 7) is 3.20. The predicted molar refractivity (Wildman–Crippen MR) is 102 cm³/mol. The van der Waals surface area contributed by atoms with Crippen molar-refractivity contribution in [2.24, 2.45) is 0 Å². The highest BCUT2D eigenvalue weighted by Gasteiger charge is 2.22. The van der Waals surface area contributed by atoms with E-state index in [4.69, 9.17) is 4.74 Å². The zero-order valence-corrected chi connectivity index (χ0v) is 16.5. The highest BCUT2D eigenvalue weighted by molar-refractivity contribution is 9.10. The van der Waals surface area contributed by atoms with Gasteiger partial charge < -0.3 is 14.4 Å². The molecule has 0 spiro atoms. The van der Waals surface area contributed by atoms with Gasteiger partial charge in [-0.15, -0.1) is 0 Å². The number of aromatic carboxylic acids is 1. The summed E-state index contributed by atoms with van der Waals surface area (Å²) in [5.41, 5.74) is -1.47. The van der Waals surface area contributed by atoms with Gasteiger partial charge in [0.15, 0.2) is 5.82 Å². The molecule has 9 heteroatoms. The van der Waals surface area contributed by atoms with Gasteiger partial charge in [0, 0.05) is 48.8 Å². The first-order valence-corrected chi connectivity index (χ1v) is 9.55. The van der Waals surface area contributed by atoms with Crippen LogP contribution in [0.25, 0.3) is 0 Å². The molecule has 1 N–H and O–H groups in total. The summed E-state index contributed by atoms with van der Waals surface area (Å²) in [7, 11) is 0. The Balaban J connectivity index is 1.91. The molecular weight excluding hydrogens is 438 g/mol. The van der Waals surface area contributed by atoms with Gasteiger partial charge in [0.05, 0.1) is 18.8 Å². The van der Waals surface area contributed by atoms with Crippen molar-refractivity contribution in [3.8, 4) is 0 Å². The van der Waals surface area contributed by atoms with E-state index in [0.29, 0.717) is 37.3 Å². The summed E-state index contributed by atoms with van der Waals surface area (Å²) in [5.74, 6) is -3.14. The van der Waals surface area contributed by atoms with Crippen LogP contribution < -0.4 is 5.56 Å². The molecular formula is C19H19BrF2N2O4. The van der Waals surface area contributed by atoms with Crippen molar-refractivity contribution in [1.29, 1.82) is 0 Å². The fourth-order valence-corrected chi connectivity index (χ4v) is 3.45. The molecule has 1 aromatic carbocycles. The van der Waals surface area contributed by atoms with Gasteiger partial charge in [-0.05, 0) is 17.7 Å². The van der Waals surface area contributed by atoms with Crippen molar-refractivity contribution in [1.82, 2.24) is 9.47 Å². The maximum Gasteiger partial charge on any atom is 0.337 e. The lowest BCUT2D eigenvalue weighted by atomic mass is 10.0. The Bertz CT molecular complexity index is 942. The van der Waals surface area contributed by atoms with Crippen LogP contribution in [0, 0.1) is 11.6 Å². The number of carbonyl (C=O) groups is 1. The SMILES string of the molecule is O=C(O)c1cn(CCN2CCOCC2)c(=O)c(F)c1Cc1ccc(Br)cc1F. The molecule has 1 aromatic heterocycles. The van der Waals surface area contributed by atoms with Crippen LogP contribution in [0.2, 0.25) is 0 Å². The van der Waals surface area contributed by atoms with E-state index in [-0.39, 0.29) is 29.7 Å². The molecule has 1 saturated heterocycles. The van der Waals surface area contributed by atoms with Gasteiger partial charge in [-0.1, -0.05) is 22.0 Å². The maximum atomic E-state index is 14.8.